The smallest absolute Gasteiger partial charge is 0.149 e. The van der Waals surface area contributed by atoms with Crippen LogP contribution in [0.5, 0.6) is 5.75 Å². The highest BCUT2D eigenvalue weighted by Crippen LogP contribution is 2.18. The maximum atomic E-state index is 5.82. The summed E-state index contributed by atoms with van der Waals surface area (Å²) in [6.45, 7) is 8.38. The molecule has 1 aromatic carbocycles. The van der Waals surface area contributed by atoms with E-state index in [4.69, 9.17) is 4.74 Å². The Morgan fingerprint density at radius 3 is 2.20 bits per heavy atom. The molecule has 0 amide bonds. The second-order valence-electron chi connectivity index (χ2n) is 3.39. The van der Waals surface area contributed by atoms with Gasteiger partial charge in [-0.1, -0.05) is 29.8 Å². The zero-order chi connectivity index (χ0) is 11.3. The Morgan fingerprint density at radius 1 is 1.20 bits per heavy atom. The molecule has 0 aliphatic carbocycles. The van der Waals surface area contributed by atoms with E-state index in [0.717, 1.165) is 23.3 Å². The van der Waals surface area contributed by atoms with Gasteiger partial charge in [-0.25, -0.2) is 0 Å². The van der Waals surface area contributed by atoms with E-state index < -0.39 is 0 Å². The van der Waals surface area contributed by atoms with Gasteiger partial charge in [0, 0.05) is 4.47 Å². The topological polar surface area (TPSA) is 12.5 Å². The van der Waals surface area contributed by atoms with E-state index in [2.05, 4.69) is 41.6 Å². The second-order valence-corrected chi connectivity index (χ2v) is 4.31. The standard InChI is InChI=1S/C12H18BrNO/c1-4-14(5-2)10(3)15-12-8-6-11(13)7-9-12/h6-10H,4-5H2,1-3H3. The molecule has 84 valence electrons. The Morgan fingerprint density at radius 2 is 1.73 bits per heavy atom. The fourth-order valence-corrected chi connectivity index (χ4v) is 1.79. The molecule has 15 heavy (non-hydrogen) atoms. The normalized spacial score (nSPS) is 12.9. The summed E-state index contributed by atoms with van der Waals surface area (Å²) in [5, 5.41) is 0. The lowest BCUT2D eigenvalue weighted by Gasteiger charge is -2.26. The largest absolute Gasteiger partial charge is 0.475 e. The Kier molecular flexibility index (Phi) is 5.12. The van der Waals surface area contributed by atoms with Crippen LogP contribution in [0.25, 0.3) is 0 Å². The fraction of sp³-hybridized carbons (Fsp3) is 0.500. The Hall–Kier alpha value is -0.540. The maximum absolute atomic E-state index is 5.82. The molecule has 0 spiro atoms. The highest BCUT2D eigenvalue weighted by atomic mass is 79.9. The molecule has 2 nitrogen and oxygen atoms in total. The SMILES string of the molecule is CCN(CC)C(C)Oc1ccc(Br)cc1. The van der Waals surface area contributed by atoms with Crippen molar-refractivity contribution < 1.29 is 4.74 Å². The summed E-state index contributed by atoms with van der Waals surface area (Å²) in [7, 11) is 0. The van der Waals surface area contributed by atoms with Crippen LogP contribution in [0.1, 0.15) is 20.8 Å². The fourth-order valence-electron chi connectivity index (χ4n) is 1.52. The highest BCUT2D eigenvalue weighted by molar-refractivity contribution is 9.10. The second kappa shape index (κ2) is 6.13. The number of halogens is 1. The van der Waals surface area contributed by atoms with Crippen molar-refractivity contribution in [2.75, 3.05) is 13.1 Å². The van der Waals surface area contributed by atoms with Gasteiger partial charge in [-0.05, 0) is 44.3 Å². The van der Waals surface area contributed by atoms with Gasteiger partial charge in [0.15, 0.2) is 0 Å². The summed E-state index contributed by atoms with van der Waals surface area (Å²) >= 11 is 3.40. The number of benzene rings is 1. The van der Waals surface area contributed by atoms with Crippen molar-refractivity contribution in [2.24, 2.45) is 0 Å². The number of nitrogens with zero attached hydrogens (tertiary/aromatic N) is 1. The molecule has 0 aliphatic heterocycles. The van der Waals surface area contributed by atoms with Crippen LogP contribution in [-0.4, -0.2) is 24.2 Å². The van der Waals surface area contributed by atoms with Gasteiger partial charge < -0.3 is 4.74 Å². The summed E-state index contributed by atoms with van der Waals surface area (Å²) in [5.74, 6) is 0.914. The van der Waals surface area contributed by atoms with Crippen molar-refractivity contribution in [2.45, 2.75) is 27.0 Å². The third kappa shape index (κ3) is 3.84. The summed E-state index contributed by atoms with van der Waals surface area (Å²) in [6, 6.07) is 7.93. The molecule has 0 heterocycles. The van der Waals surface area contributed by atoms with Crippen LogP contribution < -0.4 is 4.74 Å². The summed E-state index contributed by atoms with van der Waals surface area (Å²) in [6.07, 6.45) is 0.126. The first-order chi connectivity index (χ1) is 7.17. The predicted octanol–water partition coefficient (Wildman–Crippen LogP) is 3.52. The van der Waals surface area contributed by atoms with E-state index >= 15 is 0 Å². The van der Waals surface area contributed by atoms with Crippen molar-refractivity contribution in [3.8, 4) is 5.75 Å². The van der Waals surface area contributed by atoms with Gasteiger partial charge in [-0.15, -0.1) is 0 Å². The molecule has 0 bridgehead atoms. The Balaban J connectivity index is 2.57. The zero-order valence-corrected chi connectivity index (χ0v) is 11.1. The van der Waals surface area contributed by atoms with Gasteiger partial charge in [-0.2, -0.15) is 0 Å². The first kappa shape index (κ1) is 12.5. The van der Waals surface area contributed by atoms with Gasteiger partial charge in [0.25, 0.3) is 0 Å². The zero-order valence-electron chi connectivity index (χ0n) is 9.53. The van der Waals surface area contributed by atoms with E-state index in [0.29, 0.717) is 0 Å². The van der Waals surface area contributed by atoms with Crippen molar-refractivity contribution >= 4 is 15.9 Å². The average Bonchev–Trinajstić information content (AvgIpc) is 2.23. The van der Waals surface area contributed by atoms with Crippen LogP contribution in [0, 0.1) is 0 Å². The minimum atomic E-state index is 0.126. The predicted molar refractivity (Wildman–Crippen MR) is 67.2 cm³/mol. The van der Waals surface area contributed by atoms with Crippen molar-refractivity contribution in [1.29, 1.82) is 0 Å². The molecule has 0 radical (unpaired) electrons. The van der Waals surface area contributed by atoms with Crippen LogP contribution in [0.2, 0.25) is 0 Å². The Bertz CT molecular complexity index is 282. The first-order valence-corrected chi connectivity index (χ1v) is 6.13. The number of ether oxygens (including phenoxy) is 1. The van der Waals surface area contributed by atoms with Gasteiger partial charge in [0.2, 0.25) is 0 Å². The molecule has 0 aliphatic rings. The molecular formula is C12H18BrNO. The van der Waals surface area contributed by atoms with E-state index in [1.165, 1.54) is 0 Å². The molecule has 0 fully saturated rings. The van der Waals surface area contributed by atoms with Crippen LogP contribution in [0.4, 0.5) is 0 Å². The van der Waals surface area contributed by atoms with Gasteiger partial charge in [-0.3, -0.25) is 4.90 Å². The van der Waals surface area contributed by atoms with Crippen LogP contribution in [-0.2, 0) is 0 Å². The minimum Gasteiger partial charge on any atom is -0.475 e. The lowest BCUT2D eigenvalue weighted by Crippen LogP contribution is -2.36. The van der Waals surface area contributed by atoms with Crippen LogP contribution >= 0.6 is 15.9 Å². The molecule has 1 atom stereocenters. The van der Waals surface area contributed by atoms with E-state index in [-0.39, 0.29) is 6.23 Å². The van der Waals surface area contributed by atoms with Gasteiger partial charge >= 0.3 is 0 Å². The maximum Gasteiger partial charge on any atom is 0.149 e. The summed E-state index contributed by atoms with van der Waals surface area (Å²) in [4.78, 5) is 2.27. The van der Waals surface area contributed by atoms with Gasteiger partial charge in [0.05, 0.1) is 0 Å². The third-order valence-electron chi connectivity index (χ3n) is 2.45. The summed E-state index contributed by atoms with van der Waals surface area (Å²) < 4.78 is 6.89. The average molecular weight is 272 g/mol. The molecule has 0 saturated heterocycles. The molecule has 1 rings (SSSR count). The third-order valence-corrected chi connectivity index (χ3v) is 2.98. The van der Waals surface area contributed by atoms with E-state index in [1.54, 1.807) is 0 Å². The van der Waals surface area contributed by atoms with Gasteiger partial charge in [0.1, 0.15) is 12.0 Å². The van der Waals surface area contributed by atoms with Crippen LogP contribution in [0.3, 0.4) is 0 Å². The molecule has 0 saturated carbocycles. The monoisotopic (exact) mass is 271 g/mol. The molecular weight excluding hydrogens is 254 g/mol. The van der Waals surface area contributed by atoms with E-state index in [1.807, 2.05) is 24.3 Å². The summed E-state index contributed by atoms with van der Waals surface area (Å²) in [5.41, 5.74) is 0. The number of hydrogen-bond acceptors (Lipinski definition) is 2. The molecule has 1 aromatic rings. The number of hydrogen-bond donors (Lipinski definition) is 0. The quantitative estimate of drug-likeness (QED) is 0.760. The first-order valence-electron chi connectivity index (χ1n) is 5.33. The lowest BCUT2D eigenvalue weighted by atomic mass is 10.3. The van der Waals surface area contributed by atoms with E-state index in [9.17, 15) is 0 Å². The molecule has 1 unspecified atom stereocenters. The van der Waals surface area contributed by atoms with Crippen molar-refractivity contribution in [1.82, 2.24) is 4.90 Å². The number of rotatable bonds is 5. The molecule has 0 N–H and O–H groups in total. The minimum absolute atomic E-state index is 0.126. The van der Waals surface area contributed by atoms with Crippen molar-refractivity contribution in [3.63, 3.8) is 0 Å². The van der Waals surface area contributed by atoms with Crippen molar-refractivity contribution in [3.05, 3.63) is 28.7 Å². The van der Waals surface area contributed by atoms with Crippen LogP contribution in [0.15, 0.2) is 28.7 Å². The lowest BCUT2D eigenvalue weighted by molar-refractivity contribution is 0.0481. The molecule has 3 heteroatoms. The highest BCUT2D eigenvalue weighted by Gasteiger charge is 2.10. The molecule has 0 aromatic heterocycles. The Labute approximate surface area is 100 Å².